The van der Waals surface area contributed by atoms with Gasteiger partial charge in [-0.15, -0.1) is 0 Å². The van der Waals surface area contributed by atoms with E-state index in [2.05, 4.69) is 0 Å². The summed E-state index contributed by atoms with van der Waals surface area (Å²) in [6, 6.07) is -1.14. The summed E-state index contributed by atoms with van der Waals surface area (Å²) in [7, 11) is 1.36. The van der Waals surface area contributed by atoms with Crippen molar-refractivity contribution in [3.05, 3.63) is 0 Å². The van der Waals surface area contributed by atoms with Crippen LogP contribution in [0.5, 0.6) is 0 Å². The van der Waals surface area contributed by atoms with Gasteiger partial charge in [0.2, 0.25) is 11.8 Å². The number of carbonyl (C=O) groups excluding carboxylic acids is 4. The first-order chi connectivity index (χ1) is 11.6. The Morgan fingerprint density at radius 3 is 2.04 bits per heavy atom. The fraction of sp³-hybridized carbons (Fsp3) is 0.765. The number of imide groups is 1. The van der Waals surface area contributed by atoms with E-state index in [1.165, 1.54) is 7.05 Å². The highest BCUT2D eigenvalue weighted by molar-refractivity contribution is 6.02. The molecule has 1 fully saturated rings. The molecule has 1 aliphatic heterocycles. The zero-order chi connectivity index (χ0) is 20.4. The van der Waals surface area contributed by atoms with Crippen LogP contribution in [-0.4, -0.2) is 58.1 Å². The summed E-state index contributed by atoms with van der Waals surface area (Å²) < 4.78 is 10.6. The maximum Gasteiger partial charge on any atom is 0.417 e. The van der Waals surface area contributed by atoms with Crippen molar-refractivity contribution >= 4 is 23.9 Å². The summed E-state index contributed by atoms with van der Waals surface area (Å²) in [5.74, 6) is 2.70. The summed E-state index contributed by atoms with van der Waals surface area (Å²) in [4.78, 5) is 50.3. The van der Waals surface area contributed by atoms with Gasteiger partial charge in [0.05, 0.1) is 5.92 Å². The first kappa shape index (κ1) is 21.9. The molecule has 0 aromatic rings. The van der Waals surface area contributed by atoms with Gasteiger partial charge in [0.25, 0.3) is 0 Å². The lowest BCUT2D eigenvalue weighted by atomic mass is 10.0. The van der Waals surface area contributed by atoms with Gasteiger partial charge in [-0.05, 0) is 48.0 Å². The van der Waals surface area contributed by atoms with Crippen LogP contribution in [0.15, 0.2) is 0 Å². The lowest BCUT2D eigenvalue weighted by Gasteiger charge is -2.28. The molecule has 9 nitrogen and oxygen atoms in total. The van der Waals surface area contributed by atoms with E-state index in [0.29, 0.717) is 0 Å². The van der Waals surface area contributed by atoms with E-state index in [9.17, 15) is 19.2 Å². The Morgan fingerprint density at radius 2 is 1.62 bits per heavy atom. The Hall–Kier alpha value is -2.16. The van der Waals surface area contributed by atoms with Crippen molar-refractivity contribution in [2.45, 2.75) is 71.6 Å². The highest BCUT2D eigenvalue weighted by Gasteiger charge is 2.50. The van der Waals surface area contributed by atoms with Crippen LogP contribution in [0.4, 0.5) is 4.79 Å². The van der Waals surface area contributed by atoms with Gasteiger partial charge in [0, 0.05) is 13.5 Å². The quantitative estimate of drug-likeness (QED) is 0.343. The average molecular weight is 371 g/mol. The monoisotopic (exact) mass is 371 g/mol. The first-order valence-corrected chi connectivity index (χ1v) is 8.42. The summed E-state index contributed by atoms with van der Waals surface area (Å²) >= 11 is 0. The third-order valence-electron chi connectivity index (χ3n) is 3.49. The number of likely N-dealkylation sites (tertiary alicyclic amines) is 1. The molecule has 2 N–H and O–H groups in total. The Kier molecular flexibility index (Phi) is 6.40. The molecule has 0 spiro atoms. The molecule has 0 aromatic heterocycles. The van der Waals surface area contributed by atoms with Crippen LogP contribution in [0.1, 0.15) is 54.4 Å². The standard InChI is InChI=1S/C17H29N3O6/c1-16(2,3)25-14(23)11-8-10(9-12(21)19(7)18)13(22)20(11)15(24)26-17(4,5)6/h10-11H,8-9,18H2,1-7H3/t10-,11+/m1/s1. The number of amides is 3. The number of ether oxygens (including phenoxy) is 2. The maximum atomic E-state index is 12.7. The number of hydrazine groups is 1. The van der Waals surface area contributed by atoms with Crippen LogP contribution in [-0.2, 0) is 23.9 Å². The topological polar surface area (TPSA) is 119 Å². The van der Waals surface area contributed by atoms with Crippen molar-refractivity contribution < 1.29 is 28.7 Å². The zero-order valence-electron chi connectivity index (χ0n) is 16.5. The van der Waals surface area contributed by atoms with Gasteiger partial charge in [-0.2, -0.15) is 0 Å². The van der Waals surface area contributed by atoms with Crippen LogP contribution in [0.3, 0.4) is 0 Å². The van der Waals surface area contributed by atoms with Crippen molar-refractivity contribution in [3.8, 4) is 0 Å². The van der Waals surface area contributed by atoms with Gasteiger partial charge < -0.3 is 9.47 Å². The molecule has 0 aromatic carbocycles. The van der Waals surface area contributed by atoms with Crippen LogP contribution < -0.4 is 5.84 Å². The number of esters is 1. The van der Waals surface area contributed by atoms with Crippen LogP contribution >= 0.6 is 0 Å². The minimum Gasteiger partial charge on any atom is -0.458 e. The molecule has 2 atom stereocenters. The maximum absolute atomic E-state index is 12.7. The molecule has 1 heterocycles. The van der Waals surface area contributed by atoms with Crippen LogP contribution in [0, 0.1) is 5.92 Å². The van der Waals surface area contributed by atoms with Crippen molar-refractivity contribution in [1.29, 1.82) is 0 Å². The summed E-state index contributed by atoms with van der Waals surface area (Å²) in [5, 5.41) is 0.867. The molecule has 0 unspecified atom stereocenters. The average Bonchev–Trinajstić information content (AvgIpc) is 2.72. The molecule has 0 aliphatic carbocycles. The molecular formula is C17H29N3O6. The van der Waals surface area contributed by atoms with E-state index in [4.69, 9.17) is 15.3 Å². The smallest absolute Gasteiger partial charge is 0.417 e. The second kappa shape index (κ2) is 7.61. The van der Waals surface area contributed by atoms with E-state index in [0.717, 1.165) is 9.91 Å². The molecule has 1 aliphatic rings. The predicted octanol–water partition coefficient (Wildman–Crippen LogP) is 1.20. The third-order valence-corrected chi connectivity index (χ3v) is 3.49. The Labute approximate surface area is 153 Å². The fourth-order valence-corrected chi connectivity index (χ4v) is 2.45. The molecule has 0 bridgehead atoms. The van der Waals surface area contributed by atoms with E-state index >= 15 is 0 Å². The minimum atomic E-state index is -1.14. The van der Waals surface area contributed by atoms with Crippen molar-refractivity contribution in [2.75, 3.05) is 7.05 Å². The summed E-state index contributed by atoms with van der Waals surface area (Å²) in [6.07, 6.45) is -1.16. The third kappa shape index (κ3) is 5.98. The number of nitrogens with two attached hydrogens (primary N) is 1. The first-order valence-electron chi connectivity index (χ1n) is 8.42. The number of hydrogen-bond donors (Lipinski definition) is 1. The molecule has 0 saturated carbocycles. The van der Waals surface area contributed by atoms with Crippen molar-refractivity contribution in [3.63, 3.8) is 0 Å². The summed E-state index contributed by atoms with van der Waals surface area (Å²) in [5.41, 5.74) is -1.63. The van der Waals surface area contributed by atoms with E-state index in [1.54, 1.807) is 41.5 Å². The summed E-state index contributed by atoms with van der Waals surface area (Å²) in [6.45, 7) is 10.0. The fourth-order valence-electron chi connectivity index (χ4n) is 2.45. The Morgan fingerprint density at radius 1 is 1.12 bits per heavy atom. The van der Waals surface area contributed by atoms with E-state index in [1.807, 2.05) is 0 Å². The molecule has 1 rings (SSSR count). The molecule has 3 amide bonds. The molecule has 26 heavy (non-hydrogen) atoms. The normalized spacial score (nSPS) is 20.8. The second-order valence-electron chi connectivity index (χ2n) is 8.38. The highest BCUT2D eigenvalue weighted by Crippen LogP contribution is 2.31. The van der Waals surface area contributed by atoms with Gasteiger partial charge in [-0.1, -0.05) is 0 Å². The number of carbonyl (C=O) groups is 4. The van der Waals surface area contributed by atoms with Gasteiger partial charge in [-0.3, -0.25) is 14.6 Å². The van der Waals surface area contributed by atoms with E-state index < -0.39 is 47.0 Å². The van der Waals surface area contributed by atoms with Gasteiger partial charge >= 0.3 is 12.1 Å². The zero-order valence-corrected chi connectivity index (χ0v) is 16.5. The second-order valence-corrected chi connectivity index (χ2v) is 8.38. The van der Waals surface area contributed by atoms with Gasteiger partial charge in [-0.25, -0.2) is 20.3 Å². The minimum absolute atomic E-state index is 0.0213. The number of rotatable bonds is 3. The van der Waals surface area contributed by atoms with E-state index in [-0.39, 0.29) is 12.8 Å². The van der Waals surface area contributed by atoms with Crippen LogP contribution in [0.2, 0.25) is 0 Å². The van der Waals surface area contributed by atoms with Crippen molar-refractivity contribution in [1.82, 2.24) is 9.91 Å². The number of nitrogens with zero attached hydrogens (tertiary/aromatic N) is 2. The molecule has 9 heteroatoms. The SMILES string of the molecule is CN(N)C(=O)C[C@H]1C[C@@H](C(=O)OC(C)(C)C)N(C(=O)OC(C)(C)C)C1=O. The lowest BCUT2D eigenvalue weighted by Crippen LogP contribution is -2.47. The lowest BCUT2D eigenvalue weighted by molar-refractivity contribution is -0.161. The predicted molar refractivity (Wildman–Crippen MR) is 92.4 cm³/mol. The van der Waals surface area contributed by atoms with Gasteiger partial charge in [0.15, 0.2) is 0 Å². The highest BCUT2D eigenvalue weighted by atomic mass is 16.6. The molecule has 148 valence electrons. The van der Waals surface area contributed by atoms with Crippen LogP contribution in [0.25, 0.3) is 0 Å². The van der Waals surface area contributed by atoms with Gasteiger partial charge in [0.1, 0.15) is 17.2 Å². The Balaban J connectivity index is 3.09. The molecule has 1 saturated heterocycles. The largest absolute Gasteiger partial charge is 0.458 e. The number of hydrogen-bond acceptors (Lipinski definition) is 7. The molecule has 0 radical (unpaired) electrons. The Bertz CT molecular complexity index is 588. The molecular weight excluding hydrogens is 342 g/mol. The van der Waals surface area contributed by atoms with Crippen molar-refractivity contribution in [2.24, 2.45) is 11.8 Å².